The second-order valence-corrected chi connectivity index (χ2v) is 6.64. The smallest absolute Gasteiger partial charge is 0.237 e. The molecular formula is C15H23N5O3. The van der Waals surface area contributed by atoms with Crippen LogP contribution >= 0.6 is 0 Å². The number of piperazine rings is 1. The van der Waals surface area contributed by atoms with Gasteiger partial charge in [-0.05, 0) is 6.42 Å². The minimum absolute atomic E-state index is 0.0118. The molecule has 126 valence electrons. The molecule has 3 rings (SSSR count). The van der Waals surface area contributed by atoms with E-state index in [9.17, 15) is 9.59 Å². The highest BCUT2D eigenvalue weighted by Gasteiger charge is 2.44. The number of hydrogen-bond donors (Lipinski definition) is 2. The normalized spacial score (nSPS) is 27.8. The van der Waals surface area contributed by atoms with Gasteiger partial charge >= 0.3 is 0 Å². The van der Waals surface area contributed by atoms with E-state index in [0.717, 1.165) is 0 Å². The van der Waals surface area contributed by atoms with E-state index >= 15 is 0 Å². The predicted molar refractivity (Wildman–Crippen MR) is 81.6 cm³/mol. The van der Waals surface area contributed by atoms with Gasteiger partial charge in [0.05, 0.1) is 6.04 Å². The summed E-state index contributed by atoms with van der Waals surface area (Å²) in [4.78, 5) is 25.5. The largest absolute Gasteiger partial charge is 0.425 e. The van der Waals surface area contributed by atoms with Crippen LogP contribution in [0.25, 0.3) is 0 Å². The van der Waals surface area contributed by atoms with E-state index < -0.39 is 0 Å². The molecule has 2 fully saturated rings. The summed E-state index contributed by atoms with van der Waals surface area (Å²) < 4.78 is 5.68. The molecule has 1 aromatic heterocycles. The molecule has 2 saturated heterocycles. The summed E-state index contributed by atoms with van der Waals surface area (Å²) in [5.41, 5.74) is 0. The van der Waals surface area contributed by atoms with Crippen molar-refractivity contribution in [1.29, 1.82) is 0 Å². The zero-order valence-electron chi connectivity index (χ0n) is 13.7. The number of carbonyl (C=O) groups excluding carboxylic acids is 2. The number of carbonyl (C=O) groups is 2. The lowest BCUT2D eigenvalue weighted by Crippen LogP contribution is -2.58. The average molecular weight is 321 g/mol. The molecule has 3 atom stereocenters. The van der Waals surface area contributed by atoms with Gasteiger partial charge < -0.3 is 15.1 Å². The lowest BCUT2D eigenvalue weighted by molar-refractivity contribution is -0.129. The van der Waals surface area contributed by atoms with Crippen molar-refractivity contribution in [3.05, 3.63) is 11.8 Å². The highest BCUT2D eigenvalue weighted by atomic mass is 16.4. The van der Waals surface area contributed by atoms with E-state index in [1.54, 1.807) is 0 Å². The fourth-order valence-corrected chi connectivity index (χ4v) is 3.34. The molecule has 0 radical (unpaired) electrons. The molecule has 2 N–H and O–H groups in total. The van der Waals surface area contributed by atoms with E-state index in [1.807, 2.05) is 13.8 Å². The predicted octanol–water partition coefficient (Wildman–Crippen LogP) is -0.187. The molecular weight excluding hydrogens is 298 g/mol. The zero-order chi connectivity index (χ0) is 16.6. The summed E-state index contributed by atoms with van der Waals surface area (Å²) in [5, 5.41) is 14.0. The molecule has 0 aromatic carbocycles. The Morgan fingerprint density at radius 3 is 2.91 bits per heavy atom. The van der Waals surface area contributed by atoms with E-state index in [0.29, 0.717) is 37.7 Å². The van der Waals surface area contributed by atoms with Crippen molar-refractivity contribution in [2.75, 3.05) is 13.1 Å². The van der Waals surface area contributed by atoms with E-state index in [1.165, 1.54) is 6.92 Å². The molecule has 0 spiro atoms. The quantitative estimate of drug-likeness (QED) is 0.797. The van der Waals surface area contributed by atoms with Crippen LogP contribution in [0, 0.1) is 0 Å². The van der Waals surface area contributed by atoms with Crippen LogP contribution in [0.5, 0.6) is 0 Å². The van der Waals surface area contributed by atoms with Crippen LogP contribution in [0.2, 0.25) is 0 Å². The molecule has 8 nitrogen and oxygen atoms in total. The number of aromatic nitrogens is 2. The van der Waals surface area contributed by atoms with Crippen LogP contribution in [0.4, 0.5) is 0 Å². The van der Waals surface area contributed by atoms with Crippen molar-refractivity contribution in [3.8, 4) is 0 Å². The fourth-order valence-electron chi connectivity index (χ4n) is 3.34. The number of nitrogens with one attached hydrogen (secondary N) is 2. The standard InChI is InChI=1S/C15H23N5O3/c1-8(2)15-19-18-13(23-15)5-11-6-16-14(22)12-4-10(7-20(11)12)17-9(3)21/h8,10-12H,4-7H2,1-3H3,(H,16,22)(H,17,21)/t10-,11+,12-/m0/s1. The minimum atomic E-state index is -0.196. The van der Waals surface area contributed by atoms with Crippen LogP contribution in [-0.4, -0.2) is 58.1 Å². The zero-order valence-corrected chi connectivity index (χ0v) is 13.7. The summed E-state index contributed by atoms with van der Waals surface area (Å²) in [6.45, 7) is 6.75. The lowest BCUT2D eigenvalue weighted by atomic mass is 10.1. The number of rotatable bonds is 4. The molecule has 1 aromatic rings. The summed E-state index contributed by atoms with van der Waals surface area (Å²) >= 11 is 0. The first kappa shape index (κ1) is 15.9. The SMILES string of the molecule is CC(=O)N[C@H]1C[C@H]2C(=O)NC[C@@H](Cc3nnc(C(C)C)o3)N2C1. The van der Waals surface area contributed by atoms with Gasteiger partial charge in [0.2, 0.25) is 23.6 Å². The Morgan fingerprint density at radius 1 is 1.48 bits per heavy atom. The minimum Gasteiger partial charge on any atom is -0.425 e. The fraction of sp³-hybridized carbons (Fsp3) is 0.733. The van der Waals surface area contributed by atoms with Gasteiger partial charge in [0.15, 0.2) is 0 Å². The van der Waals surface area contributed by atoms with E-state index in [-0.39, 0.29) is 35.9 Å². The van der Waals surface area contributed by atoms with Crippen LogP contribution in [0.3, 0.4) is 0 Å². The van der Waals surface area contributed by atoms with Gasteiger partial charge in [-0.2, -0.15) is 0 Å². The van der Waals surface area contributed by atoms with Crippen LogP contribution in [0.1, 0.15) is 44.9 Å². The molecule has 0 saturated carbocycles. The summed E-state index contributed by atoms with van der Waals surface area (Å²) in [7, 11) is 0. The Kier molecular flexibility index (Phi) is 4.34. The second kappa shape index (κ2) is 6.27. The number of amides is 2. The van der Waals surface area contributed by atoms with Gasteiger partial charge in [0.25, 0.3) is 0 Å². The van der Waals surface area contributed by atoms with Gasteiger partial charge in [0.1, 0.15) is 0 Å². The first-order chi connectivity index (χ1) is 10.9. The van der Waals surface area contributed by atoms with E-state index in [2.05, 4.69) is 25.7 Å². The van der Waals surface area contributed by atoms with Crippen molar-refractivity contribution < 1.29 is 14.0 Å². The molecule has 0 unspecified atom stereocenters. The maximum atomic E-state index is 12.1. The van der Waals surface area contributed by atoms with Gasteiger partial charge in [0, 0.05) is 44.4 Å². The molecule has 2 aliphatic rings. The van der Waals surface area contributed by atoms with Crippen molar-refractivity contribution in [3.63, 3.8) is 0 Å². The molecule has 0 bridgehead atoms. The number of nitrogens with zero attached hydrogens (tertiary/aromatic N) is 3. The lowest BCUT2D eigenvalue weighted by Gasteiger charge is -2.36. The Balaban J connectivity index is 1.69. The third kappa shape index (κ3) is 3.36. The molecule has 2 aliphatic heterocycles. The molecule has 3 heterocycles. The topological polar surface area (TPSA) is 100 Å². The highest BCUT2D eigenvalue weighted by molar-refractivity contribution is 5.83. The molecule has 8 heteroatoms. The van der Waals surface area contributed by atoms with Gasteiger partial charge in [-0.1, -0.05) is 13.8 Å². The summed E-state index contributed by atoms with van der Waals surface area (Å²) in [6.07, 6.45) is 1.24. The second-order valence-electron chi connectivity index (χ2n) is 6.64. The number of fused-ring (bicyclic) bond motifs is 1. The van der Waals surface area contributed by atoms with E-state index in [4.69, 9.17) is 4.42 Å². The summed E-state index contributed by atoms with van der Waals surface area (Å²) in [5.74, 6) is 1.39. The maximum absolute atomic E-state index is 12.1. The van der Waals surface area contributed by atoms with Crippen molar-refractivity contribution in [2.45, 2.75) is 57.7 Å². The van der Waals surface area contributed by atoms with Crippen LogP contribution in [0.15, 0.2) is 4.42 Å². The summed E-state index contributed by atoms with van der Waals surface area (Å²) in [6, 6.07) is -0.0761. The van der Waals surface area contributed by atoms with Crippen molar-refractivity contribution in [2.24, 2.45) is 0 Å². The maximum Gasteiger partial charge on any atom is 0.237 e. The Labute approximate surface area is 135 Å². The van der Waals surface area contributed by atoms with Crippen LogP contribution < -0.4 is 10.6 Å². The third-order valence-corrected chi connectivity index (χ3v) is 4.42. The Morgan fingerprint density at radius 2 is 2.26 bits per heavy atom. The first-order valence-electron chi connectivity index (χ1n) is 8.07. The first-order valence-corrected chi connectivity index (χ1v) is 8.07. The van der Waals surface area contributed by atoms with Crippen molar-refractivity contribution in [1.82, 2.24) is 25.7 Å². The molecule has 2 amide bonds. The molecule has 0 aliphatic carbocycles. The van der Waals surface area contributed by atoms with Gasteiger partial charge in [-0.25, -0.2) is 0 Å². The molecule has 23 heavy (non-hydrogen) atoms. The van der Waals surface area contributed by atoms with Crippen LogP contribution in [-0.2, 0) is 16.0 Å². The average Bonchev–Trinajstić information content (AvgIpc) is 3.08. The van der Waals surface area contributed by atoms with Gasteiger partial charge in [-0.15, -0.1) is 10.2 Å². The third-order valence-electron chi connectivity index (χ3n) is 4.42. The number of hydrogen-bond acceptors (Lipinski definition) is 6. The van der Waals surface area contributed by atoms with Crippen molar-refractivity contribution >= 4 is 11.8 Å². The Hall–Kier alpha value is -1.96. The Bertz CT molecular complexity index is 600. The highest BCUT2D eigenvalue weighted by Crippen LogP contribution is 2.25. The monoisotopic (exact) mass is 321 g/mol. The van der Waals surface area contributed by atoms with Gasteiger partial charge in [-0.3, -0.25) is 14.5 Å².